The minimum atomic E-state index is 0.258. The van der Waals surface area contributed by atoms with E-state index in [1.807, 2.05) is 6.92 Å². The average molecular weight is 335 g/mol. The maximum absolute atomic E-state index is 5.80. The van der Waals surface area contributed by atoms with Gasteiger partial charge in [-0.1, -0.05) is 12.8 Å². The summed E-state index contributed by atoms with van der Waals surface area (Å²) in [6.07, 6.45) is 7.41. The molecule has 0 spiro atoms. The number of aromatic nitrogens is 3. The maximum Gasteiger partial charge on any atom is 0.322 e. The zero-order valence-electron chi connectivity index (χ0n) is 14.9. The van der Waals surface area contributed by atoms with Gasteiger partial charge in [0.2, 0.25) is 11.9 Å². The van der Waals surface area contributed by atoms with Crippen LogP contribution in [0.3, 0.4) is 0 Å². The second kappa shape index (κ2) is 8.46. The highest BCUT2D eigenvalue weighted by molar-refractivity contribution is 5.41. The van der Waals surface area contributed by atoms with Gasteiger partial charge in [-0.3, -0.25) is 0 Å². The van der Waals surface area contributed by atoms with E-state index in [1.54, 1.807) is 7.11 Å². The molecule has 24 heavy (non-hydrogen) atoms. The Hall–Kier alpha value is -1.63. The van der Waals surface area contributed by atoms with Crippen LogP contribution < -0.4 is 14.5 Å². The summed E-state index contributed by atoms with van der Waals surface area (Å²) < 4.78 is 11.1. The lowest BCUT2D eigenvalue weighted by Gasteiger charge is -2.33. The van der Waals surface area contributed by atoms with Crippen molar-refractivity contribution in [3.63, 3.8) is 0 Å². The van der Waals surface area contributed by atoms with Crippen LogP contribution in [0.2, 0.25) is 0 Å². The molecule has 1 aromatic heterocycles. The molecule has 2 saturated heterocycles. The van der Waals surface area contributed by atoms with Crippen LogP contribution in [0.5, 0.6) is 6.01 Å². The molecule has 134 valence electrons. The maximum atomic E-state index is 5.80. The van der Waals surface area contributed by atoms with Gasteiger partial charge in [0.05, 0.1) is 13.2 Å². The monoisotopic (exact) mass is 335 g/mol. The van der Waals surface area contributed by atoms with Crippen LogP contribution in [0.1, 0.15) is 45.4 Å². The predicted molar refractivity (Wildman–Crippen MR) is 93.9 cm³/mol. The van der Waals surface area contributed by atoms with Crippen molar-refractivity contribution in [2.45, 2.75) is 51.6 Å². The SMILES string of the molecule is CCOC1CCCN(c2nc(OC)nc(N3CCCCCC3)n2)C1. The molecule has 2 aliphatic heterocycles. The second-order valence-corrected chi connectivity index (χ2v) is 6.49. The zero-order valence-corrected chi connectivity index (χ0v) is 14.9. The lowest BCUT2D eigenvalue weighted by Crippen LogP contribution is -2.41. The quantitative estimate of drug-likeness (QED) is 0.818. The van der Waals surface area contributed by atoms with Crippen molar-refractivity contribution in [2.24, 2.45) is 0 Å². The Morgan fingerprint density at radius 3 is 2.25 bits per heavy atom. The largest absolute Gasteiger partial charge is 0.467 e. The van der Waals surface area contributed by atoms with Crippen molar-refractivity contribution in [2.75, 3.05) is 49.7 Å². The normalized spacial score (nSPS) is 22.3. The van der Waals surface area contributed by atoms with Crippen LogP contribution in [0.4, 0.5) is 11.9 Å². The Morgan fingerprint density at radius 2 is 1.58 bits per heavy atom. The van der Waals surface area contributed by atoms with Gasteiger partial charge in [-0.25, -0.2) is 0 Å². The van der Waals surface area contributed by atoms with Crippen LogP contribution in [0.15, 0.2) is 0 Å². The number of hydrogen-bond donors (Lipinski definition) is 0. The molecule has 7 nitrogen and oxygen atoms in total. The molecule has 0 radical (unpaired) electrons. The van der Waals surface area contributed by atoms with Crippen LogP contribution >= 0.6 is 0 Å². The van der Waals surface area contributed by atoms with Gasteiger partial charge in [0.25, 0.3) is 0 Å². The topological polar surface area (TPSA) is 63.6 Å². The Balaban J connectivity index is 1.80. The van der Waals surface area contributed by atoms with Crippen LogP contribution in [-0.4, -0.2) is 61.0 Å². The number of ether oxygens (including phenoxy) is 2. The molecule has 1 unspecified atom stereocenters. The Kier molecular flexibility index (Phi) is 6.07. The van der Waals surface area contributed by atoms with Gasteiger partial charge in [-0.2, -0.15) is 15.0 Å². The van der Waals surface area contributed by atoms with E-state index in [4.69, 9.17) is 14.5 Å². The number of rotatable bonds is 5. The number of methoxy groups -OCH3 is 1. The molecule has 0 N–H and O–H groups in total. The molecule has 3 rings (SSSR count). The van der Waals surface area contributed by atoms with E-state index in [-0.39, 0.29) is 6.10 Å². The smallest absolute Gasteiger partial charge is 0.322 e. The van der Waals surface area contributed by atoms with E-state index in [2.05, 4.69) is 19.8 Å². The molecule has 7 heteroatoms. The molecule has 0 aromatic carbocycles. The third-order valence-electron chi connectivity index (χ3n) is 4.73. The summed E-state index contributed by atoms with van der Waals surface area (Å²) in [4.78, 5) is 18.2. The van der Waals surface area contributed by atoms with Gasteiger partial charge in [-0.15, -0.1) is 0 Å². The minimum Gasteiger partial charge on any atom is -0.467 e. The highest BCUT2D eigenvalue weighted by Gasteiger charge is 2.24. The van der Waals surface area contributed by atoms with Crippen molar-refractivity contribution >= 4 is 11.9 Å². The Morgan fingerprint density at radius 1 is 0.917 bits per heavy atom. The van der Waals surface area contributed by atoms with Crippen molar-refractivity contribution in [1.82, 2.24) is 15.0 Å². The molecular formula is C17H29N5O2. The minimum absolute atomic E-state index is 0.258. The van der Waals surface area contributed by atoms with Gasteiger partial charge >= 0.3 is 6.01 Å². The molecule has 0 bridgehead atoms. The van der Waals surface area contributed by atoms with Gasteiger partial charge in [0.15, 0.2) is 0 Å². The van der Waals surface area contributed by atoms with E-state index in [9.17, 15) is 0 Å². The van der Waals surface area contributed by atoms with E-state index in [0.29, 0.717) is 12.0 Å². The lowest BCUT2D eigenvalue weighted by molar-refractivity contribution is 0.0523. The first-order valence-electron chi connectivity index (χ1n) is 9.21. The predicted octanol–water partition coefficient (Wildman–Crippen LogP) is 2.27. The second-order valence-electron chi connectivity index (χ2n) is 6.49. The summed E-state index contributed by atoms with van der Waals surface area (Å²) in [6.45, 7) is 6.60. The molecular weight excluding hydrogens is 306 g/mol. The standard InChI is InChI=1S/C17H29N5O2/c1-3-24-14-9-8-12-22(13-14)16-18-15(19-17(20-16)23-2)21-10-6-4-5-7-11-21/h14H,3-13H2,1-2H3. The molecule has 0 saturated carbocycles. The summed E-state index contributed by atoms with van der Waals surface area (Å²) in [5.74, 6) is 1.46. The first kappa shape index (κ1) is 17.2. The molecule has 1 aromatic rings. The molecule has 1 atom stereocenters. The molecule has 2 fully saturated rings. The third kappa shape index (κ3) is 4.26. The van der Waals surface area contributed by atoms with Crippen LogP contribution in [0.25, 0.3) is 0 Å². The Bertz CT molecular complexity index is 518. The van der Waals surface area contributed by atoms with Crippen molar-refractivity contribution in [3.8, 4) is 6.01 Å². The molecule has 0 amide bonds. The van der Waals surface area contributed by atoms with E-state index in [1.165, 1.54) is 25.7 Å². The van der Waals surface area contributed by atoms with Crippen molar-refractivity contribution < 1.29 is 9.47 Å². The molecule has 0 aliphatic carbocycles. The summed E-state index contributed by atoms with van der Waals surface area (Å²) in [5.41, 5.74) is 0. The van der Waals surface area contributed by atoms with Crippen molar-refractivity contribution in [3.05, 3.63) is 0 Å². The van der Waals surface area contributed by atoms with Crippen LogP contribution in [0, 0.1) is 0 Å². The zero-order chi connectivity index (χ0) is 16.8. The number of piperidine rings is 1. The first-order valence-corrected chi connectivity index (χ1v) is 9.21. The van der Waals surface area contributed by atoms with Gasteiger partial charge in [-0.05, 0) is 32.6 Å². The average Bonchev–Trinajstić information content (AvgIpc) is 2.91. The number of hydrogen-bond acceptors (Lipinski definition) is 7. The number of nitrogens with zero attached hydrogens (tertiary/aromatic N) is 5. The summed E-state index contributed by atoms with van der Waals surface area (Å²) in [7, 11) is 1.62. The third-order valence-corrected chi connectivity index (χ3v) is 4.73. The lowest BCUT2D eigenvalue weighted by atomic mass is 10.1. The number of anilines is 2. The summed E-state index contributed by atoms with van der Waals surface area (Å²) >= 11 is 0. The summed E-state index contributed by atoms with van der Waals surface area (Å²) in [5, 5.41) is 0. The Labute approximate surface area is 144 Å². The summed E-state index contributed by atoms with van der Waals surface area (Å²) in [6, 6.07) is 0.401. The van der Waals surface area contributed by atoms with E-state index in [0.717, 1.165) is 51.6 Å². The van der Waals surface area contributed by atoms with Gasteiger partial charge in [0.1, 0.15) is 0 Å². The fourth-order valence-electron chi connectivity index (χ4n) is 3.47. The van der Waals surface area contributed by atoms with Crippen molar-refractivity contribution in [1.29, 1.82) is 0 Å². The van der Waals surface area contributed by atoms with E-state index >= 15 is 0 Å². The highest BCUT2D eigenvalue weighted by atomic mass is 16.5. The highest BCUT2D eigenvalue weighted by Crippen LogP contribution is 2.23. The van der Waals surface area contributed by atoms with Crippen LogP contribution in [-0.2, 0) is 4.74 Å². The fraction of sp³-hybridized carbons (Fsp3) is 0.824. The van der Waals surface area contributed by atoms with Gasteiger partial charge < -0.3 is 19.3 Å². The molecule has 2 aliphatic rings. The molecule has 3 heterocycles. The first-order chi connectivity index (χ1) is 11.8. The fourth-order valence-corrected chi connectivity index (χ4v) is 3.47. The van der Waals surface area contributed by atoms with E-state index < -0.39 is 0 Å². The van der Waals surface area contributed by atoms with Gasteiger partial charge in [0, 0.05) is 32.8 Å².